The van der Waals surface area contributed by atoms with Crippen molar-refractivity contribution in [3.63, 3.8) is 0 Å². The number of rotatable bonds is 6. The molecule has 2 rings (SSSR count). The summed E-state index contributed by atoms with van der Waals surface area (Å²) in [4.78, 5) is 21.4. The Morgan fingerprint density at radius 1 is 1.16 bits per heavy atom. The van der Waals surface area contributed by atoms with E-state index < -0.39 is 27.4 Å². The SMILES string of the molecule is NC(=O)CN(c1cc([N+](=O)[O-])ccc1Cl)S(=O)(=O)c1ccc(Cl)cc1. The van der Waals surface area contributed by atoms with Crippen LogP contribution in [0.1, 0.15) is 0 Å². The third kappa shape index (κ3) is 4.19. The molecule has 0 aliphatic heterocycles. The maximum absolute atomic E-state index is 12.9. The molecule has 8 nitrogen and oxygen atoms in total. The number of amides is 1. The summed E-state index contributed by atoms with van der Waals surface area (Å²) in [5, 5.41) is 11.2. The monoisotopic (exact) mass is 403 g/mol. The lowest BCUT2D eigenvalue weighted by Gasteiger charge is -2.24. The molecule has 2 N–H and O–H groups in total. The maximum Gasteiger partial charge on any atom is 0.271 e. The van der Waals surface area contributed by atoms with Crippen LogP contribution in [0, 0.1) is 10.1 Å². The number of hydrogen-bond acceptors (Lipinski definition) is 5. The Hall–Kier alpha value is -2.36. The van der Waals surface area contributed by atoms with Gasteiger partial charge in [0.15, 0.2) is 0 Å². The van der Waals surface area contributed by atoms with E-state index in [0.717, 1.165) is 12.1 Å². The largest absolute Gasteiger partial charge is 0.368 e. The highest BCUT2D eigenvalue weighted by Gasteiger charge is 2.29. The zero-order chi connectivity index (χ0) is 18.8. The molecule has 0 unspecified atom stereocenters. The molecule has 0 radical (unpaired) electrons. The number of hydrogen-bond donors (Lipinski definition) is 1. The molecule has 25 heavy (non-hydrogen) atoms. The van der Waals surface area contributed by atoms with Crippen LogP contribution < -0.4 is 10.0 Å². The van der Waals surface area contributed by atoms with E-state index in [9.17, 15) is 23.3 Å². The number of nitrogens with two attached hydrogens (primary N) is 1. The zero-order valence-corrected chi connectivity index (χ0v) is 14.8. The van der Waals surface area contributed by atoms with E-state index in [1.165, 1.54) is 30.3 Å². The van der Waals surface area contributed by atoms with E-state index in [0.29, 0.717) is 9.33 Å². The summed E-state index contributed by atoms with van der Waals surface area (Å²) in [6.07, 6.45) is 0. The fourth-order valence-electron chi connectivity index (χ4n) is 1.98. The van der Waals surface area contributed by atoms with Crippen LogP contribution in [0.5, 0.6) is 0 Å². The van der Waals surface area contributed by atoms with Crippen molar-refractivity contribution >= 4 is 50.5 Å². The Bertz CT molecular complexity index is 932. The van der Waals surface area contributed by atoms with Crippen LogP contribution in [0.4, 0.5) is 11.4 Å². The average molecular weight is 404 g/mol. The van der Waals surface area contributed by atoms with Crippen molar-refractivity contribution in [2.45, 2.75) is 4.90 Å². The molecule has 0 heterocycles. The Kier molecular flexibility index (Phi) is 5.51. The van der Waals surface area contributed by atoms with Crippen molar-refractivity contribution in [3.05, 3.63) is 62.6 Å². The number of sulfonamides is 1. The van der Waals surface area contributed by atoms with Gasteiger partial charge in [-0.3, -0.25) is 19.2 Å². The molecule has 0 saturated heterocycles. The van der Waals surface area contributed by atoms with Crippen molar-refractivity contribution < 1.29 is 18.1 Å². The van der Waals surface area contributed by atoms with Gasteiger partial charge in [-0.05, 0) is 30.3 Å². The van der Waals surface area contributed by atoms with E-state index in [-0.39, 0.29) is 21.3 Å². The minimum absolute atomic E-state index is 0.0932. The number of halogens is 2. The number of nitro groups is 1. The van der Waals surface area contributed by atoms with Gasteiger partial charge in [0.05, 0.1) is 20.5 Å². The third-order valence-electron chi connectivity index (χ3n) is 3.11. The summed E-state index contributed by atoms with van der Waals surface area (Å²) >= 11 is 11.7. The highest BCUT2D eigenvalue weighted by atomic mass is 35.5. The maximum atomic E-state index is 12.9. The van der Waals surface area contributed by atoms with Crippen LogP contribution in [0.15, 0.2) is 47.4 Å². The van der Waals surface area contributed by atoms with Crippen molar-refractivity contribution in [2.75, 3.05) is 10.8 Å². The van der Waals surface area contributed by atoms with Gasteiger partial charge in [-0.15, -0.1) is 0 Å². The molecule has 132 valence electrons. The fourth-order valence-corrected chi connectivity index (χ4v) is 3.82. The number of carbonyl (C=O) groups excluding carboxylic acids is 1. The second-order valence-corrected chi connectivity index (χ2v) is 7.53. The van der Waals surface area contributed by atoms with E-state index in [1.807, 2.05) is 0 Å². The number of nitro benzene ring substituents is 1. The predicted octanol–water partition coefficient (Wildman–Crippen LogP) is 2.58. The number of benzene rings is 2. The standard InChI is InChI=1S/C14H11Cl2N3O5S/c15-9-1-4-11(5-2-9)25(23,24)18(8-14(17)20)13-7-10(19(21)22)3-6-12(13)16/h1-7H,8H2,(H2,17,20). The second kappa shape index (κ2) is 7.26. The second-order valence-electron chi connectivity index (χ2n) is 4.82. The number of nitrogens with zero attached hydrogens (tertiary/aromatic N) is 2. The van der Waals surface area contributed by atoms with Crippen LogP contribution in [-0.2, 0) is 14.8 Å². The minimum atomic E-state index is -4.26. The van der Waals surface area contributed by atoms with Crippen LogP contribution in [-0.4, -0.2) is 25.8 Å². The first-order valence-corrected chi connectivity index (χ1v) is 8.83. The molecule has 0 fully saturated rings. The van der Waals surface area contributed by atoms with Gasteiger partial charge in [0.25, 0.3) is 15.7 Å². The van der Waals surface area contributed by atoms with Crippen molar-refractivity contribution in [2.24, 2.45) is 5.73 Å². The predicted molar refractivity (Wildman–Crippen MR) is 93.3 cm³/mol. The quantitative estimate of drug-likeness (QED) is 0.586. The van der Waals surface area contributed by atoms with Gasteiger partial charge in [-0.1, -0.05) is 23.2 Å². The Labute approximate surface area is 152 Å². The van der Waals surface area contributed by atoms with E-state index in [1.54, 1.807) is 0 Å². The van der Waals surface area contributed by atoms with E-state index in [4.69, 9.17) is 28.9 Å². The van der Waals surface area contributed by atoms with Crippen LogP contribution >= 0.6 is 23.2 Å². The topological polar surface area (TPSA) is 124 Å². The number of carbonyl (C=O) groups is 1. The molecule has 0 bridgehead atoms. The van der Waals surface area contributed by atoms with E-state index >= 15 is 0 Å². The Morgan fingerprint density at radius 3 is 2.28 bits per heavy atom. The lowest BCUT2D eigenvalue weighted by atomic mass is 10.3. The average Bonchev–Trinajstić information content (AvgIpc) is 2.53. The molecule has 0 spiro atoms. The van der Waals surface area contributed by atoms with E-state index in [2.05, 4.69) is 0 Å². The summed E-state index contributed by atoms with van der Waals surface area (Å²) in [6, 6.07) is 8.41. The van der Waals surface area contributed by atoms with Gasteiger partial charge in [-0.25, -0.2) is 8.42 Å². The van der Waals surface area contributed by atoms with Gasteiger partial charge in [-0.2, -0.15) is 0 Å². The number of primary amides is 1. The van der Waals surface area contributed by atoms with Crippen LogP contribution in [0.25, 0.3) is 0 Å². The highest BCUT2D eigenvalue weighted by Crippen LogP contribution is 2.33. The van der Waals surface area contributed by atoms with Gasteiger partial charge in [0.1, 0.15) is 6.54 Å². The summed E-state index contributed by atoms with van der Waals surface area (Å²) in [7, 11) is -4.26. The Balaban J connectivity index is 2.64. The van der Waals surface area contributed by atoms with Gasteiger partial charge in [0, 0.05) is 17.2 Å². The van der Waals surface area contributed by atoms with Crippen molar-refractivity contribution in [1.29, 1.82) is 0 Å². The molecule has 2 aromatic carbocycles. The first-order chi connectivity index (χ1) is 11.6. The van der Waals surface area contributed by atoms with Crippen LogP contribution in [0.3, 0.4) is 0 Å². The first kappa shape index (κ1) is 19.0. The smallest absolute Gasteiger partial charge is 0.271 e. The van der Waals surface area contributed by atoms with Crippen molar-refractivity contribution in [1.82, 2.24) is 0 Å². The molecule has 0 saturated carbocycles. The van der Waals surface area contributed by atoms with Crippen molar-refractivity contribution in [3.8, 4) is 0 Å². The van der Waals surface area contributed by atoms with Gasteiger partial charge >= 0.3 is 0 Å². The molecule has 0 aliphatic rings. The molecular formula is C14H11Cl2N3O5S. The lowest BCUT2D eigenvalue weighted by molar-refractivity contribution is -0.384. The lowest BCUT2D eigenvalue weighted by Crippen LogP contribution is -2.38. The first-order valence-electron chi connectivity index (χ1n) is 6.63. The minimum Gasteiger partial charge on any atom is -0.368 e. The molecule has 1 amide bonds. The summed E-state index contributed by atoms with van der Waals surface area (Å²) < 4.78 is 26.3. The third-order valence-corrected chi connectivity index (χ3v) is 5.46. The Morgan fingerprint density at radius 2 is 1.76 bits per heavy atom. The molecular weight excluding hydrogens is 393 g/mol. The molecule has 11 heteroatoms. The highest BCUT2D eigenvalue weighted by molar-refractivity contribution is 7.92. The summed E-state index contributed by atoms with van der Waals surface area (Å²) in [6.45, 7) is -0.744. The summed E-state index contributed by atoms with van der Waals surface area (Å²) in [5.41, 5.74) is 4.51. The fraction of sp³-hybridized carbons (Fsp3) is 0.0714. The van der Waals surface area contributed by atoms with Crippen LogP contribution in [0.2, 0.25) is 10.0 Å². The molecule has 0 aliphatic carbocycles. The molecule has 2 aromatic rings. The number of non-ortho nitro benzene ring substituents is 1. The molecule has 0 atom stereocenters. The van der Waals surface area contributed by atoms with Gasteiger partial charge < -0.3 is 5.73 Å². The normalized spacial score (nSPS) is 11.1. The zero-order valence-electron chi connectivity index (χ0n) is 12.4. The molecule has 0 aromatic heterocycles. The van der Waals surface area contributed by atoms with Gasteiger partial charge in [0.2, 0.25) is 5.91 Å². The summed E-state index contributed by atoms with van der Waals surface area (Å²) in [5.74, 6) is -0.958. The number of anilines is 1.